The molecular weight excluding hydrogens is 420 g/mol. The van der Waals surface area contributed by atoms with E-state index in [1.165, 1.54) is 17.3 Å². The lowest BCUT2D eigenvalue weighted by Crippen LogP contribution is -2.17. The van der Waals surface area contributed by atoms with Gasteiger partial charge in [0, 0.05) is 22.6 Å². The maximum Gasteiger partial charge on any atom is 0.247 e. The van der Waals surface area contributed by atoms with Crippen molar-refractivity contribution in [3.8, 4) is 22.9 Å². The molecule has 1 N–H and O–H groups in total. The van der Waals surface area contributed by atoms with Gasteiger partial charge in [0.15, 0.2) is 11.9 Å². The van der Waals surface area contributed by atoms with Crippen LogP contribution in [0, 0.1) is 6.92 Å². The molecule has 3 aromatic carbocycles. The quantitative estimate of drug-likeness (QED) is 0.401. The van der Waals surface area contributed by atoms with E-state index in [9.17, 15) is 0 Å². The van der Waals surface area contributed by atoms with Crippen LogP contribution in [0.2, 0.25) is 0 Å². The molecule has 0 saturated heterocycles. The van der Waals surface area contributed by atoms with Gasteiger partial charge in [0.25, 0.3) is 0 Å². The van der Waals surface area contributed by atoms with Gasteiger partial charge in [0.1, 0.15) is 5.75 Å². The van der Waals surface area contributed by atoms with Gasteiger partial charge in [-0.15, -0.1) is 10.2 Å². The third-order valence-corrected chi connectivity index (χ3v) is 6.17. The van der Waals surface area contributed by atoms with Crippen LogP contribution in [-0.4, -0.2) is 22.3 Å². The molecule has 0 saturated carbocycles. The van der Waals surface area contributed by atoms with E-state index in [0.29, 0.717) is 16.7 Å². The molecule has 6 nitrogen and oxygen atoms in total. The van der Waals surface area contributed by atoms with Crippen molar-refractivity contribution in [1.82, 2.24) is 15.2 Å². The highest BCUT2D eigenvalue weighted by Crippen LogP contribution is 2.40. The molecular formula is C25H22N4O2S. The molecule has 0 radical (unpaired) electrons. The second kappa shape index (κ2) is 8.88. The van der Waals surface area contributed by atoms with Gasteiger partial charge in [0.05, 0.1) is 7.11 Å². The first-order chi connectivity index (χ1) is 15.7. The Kier molecular flexibility index (Phi) is 5.64. The molecule has 7 heteroatoms. The lowest BCUT2D eigenvalue weighted by molar-refractivity contribution is 0.225. The minimum Gasteiger partial charge on any atom is -0.496 e. The molecule has 160 valence electrons. The van der Waals surface area contributed by atoms with Crippen molar-refractivity contribution in [3.05, 3.63) is 89.5 Å². The Balaban J connectivity index is 1.50. The van der Waals surface area contributed by atoms with E-state index < -0.39 is 6.23 Å². The Morgan fingerprint density at radius 1 is 1.00 bits per heavy atom. The average Bonchev–Trinajstić information content (AvgIpc) is 3.00. The van der Waals surface area contributed by atoms with Gasteiger partial charge in [0.2, 0.25) is 11.0 Å². The lowest BCUT2D eigenvalue weighted by atomic mass is 10.1. The summed E-state index contributed by atoms with van der Waals surface area (Å²) in [6, 6.07) is 24.2. The highest BCUT2D eigenvalue weighted by Gasteiger charge is 2.26. The van der Waals surface area contributed by atoms with Gasteiger partial charge in [-0.3, -0.25) is 0 Å². The molecule has 4 aromatic rings. The number of fused-ring (bicyclic) bond motifs is 3. The fraction of sp³-hybridized carbons (Fsp3) is 0.160. The van der Waals surface area contributed by atoms with Crippen molar-refractivity contribution in [1.29, 1.82) is 0 Å². The van der Waals surface area contributed by atoms with Crippen LogP contribution >= 0.6 is 11.8 Å². The number of anilines is 1. The van der Waals surface area contributed by atoms with Crippen LogP contribution in [0.3, 0.4) is 0 Å². The Bertz CT molecular complexity index is 1250. The monoisotopic (exact) mass is 442 g/mol. The molecule has 1 aliphatic rings. The fourth-order valence-electron chi connectivity index (χ4n) is 3.65. The van der Waals surface area contributed by atoms with Crippen LogP contribution in [0.25, 0.3) is 11.3 Å². The third-order valence-electron chi connectivity index (χ3n) is 5.27. The summed E-state index contributed by atoms with van der Waals surface area (Å²) in [6.45, 7) is 2.02. The molecule has 1 atom stereocenters. The number of benzene rings is 3. The van der Waals surface area contributed by atoms with Crippen molar-refractivity contribution in [3.63, 3.8) is 0 Å². The van der Waals surface area contributed by atoms with E-state index in [0.717, 1.165) is 33.9 Å². The number of aryl methyl sites for hydroxylation is 1. The molecule has 0 unspecified atom stereocenters. The van der Waals surface area contributed by atoms with Crippen molar-refractivity contribution in [2.75, 3.05) is 12.4 Å². The van der Waals surface area contributed by atoms with Crippen molar-refractivity contribution in [2.45, 2.75) is 24.1 Å². The van der Waals surface area contributed by atoms with E-state index in [1.54, 1.807) is 7.11 Å². The van der Waals surface area contributed by atoms with Crippen molar-refractivity contribution in [2.24, 2.45) is 0 Å². The first kappa shape index (κ1) is 20.3. The summed E-state index contributed by atoms with van der Waals surface area (Å²) in [5.74, 6) is 2.07. The summed E-state index contributed by atoms with van der Waals surface area (Å²) in [7, 11) is 1.67. The van der Waals surface area contributed by atoms with Crippen LogP contribution in [-0.2, 0) is 5.75 Å². The number of hydrogen-bond donors (Lipinski definition) is 1. The standard InChI is InChI=1S/C25H22N4O2S/c1-16-14-18(12-13-21(16)30-2)23-26-20-11-7-6-10-19(20)22-24(31-23)27-25(29-28-22)32-15-17-8-4-3-5-9-17/h3-14,23,26H,15H2,1-2H3/t23-/m1/s1. The number of nitrogens with zero attached hydrogens (tertiary/aromatic N) is 3. The largest absolute Gasteiger partial charge is 0.496 e. The summed E-state index contributed by atoms with van der Waals surface area (Å²) < 4.78 is 11.8. The number of thioether (sulfide) groups is 1. The number of ether oxygens (including phenoxy) is 2. The van der Waals surface area contributed by atoms with Gasteiger partial charge >= 0.3 is 0 Å². The SMILES string of the molecule is COc1ccc([C@@H]2Nc3ccccc3-c3nnc(SCc4ccccc4)nc3O2)cc1C. The van der Waals surface area contributed by atoms with Gasteiger partial charge in [-0.2, -0.15) is 4.98 Å². The summed E-state index contributed by atoms with van der Waals surface area (Å²) in [6.07, 6.45) is -0.425. The van der Waals surface area contributed by atoms with Crippen LogP contribution in [0.4, 0.5) is 5.69 Å². The molecule has 0 spiro atoms. The van der Waals surface area contributed by atoms with Gasteiger partial charge in [-0.05, 0) is 42.3 Å². The lowest BCUT2D eigenvalue weighted by Gasteiger charge is -2.20. The summed E-state index contributed by atoms with van der Waals surface area (Å²) in [4.78, 5) is 4.72. The van der Waals surface area contributed by atoms with Gasteiger partial charge in [-0.1, -0.05) is 60.3 Å². The molecule has 32 heavy (non-hydrogen) atoms. The first-order valence-electron chi connectivity index (χ1n) is 10.3. The number of hydrogen-bond acceptors (Lipinski definition) is 7. The Morgan fingerprint density at radius 3 is 2.62 bits per heavy atom. The second-order valence-electron chi connectivity index (χ2n) is 7.44. The molecule has 0 fully saturated rings. The zero-order valence-electron chi connectivity index (χ0n) is 17.8. The predicted molar refractivity (Wildman–Crippen MR) is 126 cm³/mol. The first-order valence-corrected chi connectivity index (χ1v) is 11.3. The molecule has 0 aliphatic carbocycles. The summed E-state index contributed by atoms with van der Waals surface area (Å²) in [5.41, 5.74) is 5.68. The zero-order valence-corrected chi connectivity index (χ0v) is 18.6. The number of aromatic nitrogens is 3. The minimum atomic E-state index is -0.425. The van der Waals surface area contributed by atoms with Crippen LogP contribution < -0.4 is 14.8 Å². The Morgan fingerprint density at radius 2 is 1.81 bits per heavy atom. The molecule has 1 aromatic heterocycles. The Hall–Kier alpha value is -3.58. The number of para-hydroxylation sites is 1. The number of rotatable bonds is 5. The molecule has 2 heterocycles. The summed E-state index contributed by atoms with van der Waals surface area (Å²) in [5, 5.41) is 12.9. The fourth-order valence-corrected chi connectivity index (χ4v) is 4.38. The topological polar surface area (TPSA) is 69.2 Å². The van der Waals surface area contributed by atoms with Gasteiger partial charge in [-0.25, -0.2) is 0 Å². The Labute approximate surface area is 191 Å². The van der Waals surface area contributed by atoms with E-state index in [2.05, 4.69) is 33.7 Å². The van der Waals surface area contributed by atoms with E-state index in [1.807, 2.05) is 61.5 Å². The van der Waals surface area contributed by atoms with Crippen LogP contribution in [0.15, 0.2) is 78.0 Å². The van der Waals surface area contributed by atoms with E-state index in [-0.39, 0.29) is 0 Å². The minimum absolute atomic E-state index is 0.425. The highest BCUT2D eigenvalue weighted by atomic mass is 32.2. The highest BCUT2D eigenvalue weighted by molar-refractivity contribution is 7.98. The van der Waals surface area contributed by atoms with Crippen molar-refractivity contribution < 1.29 is 9.47 Å². The number of methoxy groups -OCH3 is 1. The van der Waals surface area contributed by atoms with Crippen LogP contribution in [0.1, 0.15) is 22.9 Å². The number of nitrogens with one attached hydrogen (secondary N) is 1. The molecule has 1 aliphatic heterocycles. The van der Waals surface area contributed by atoms with E-state index >= 15 is 0 Å². The zero-order chi connectivity index (χ0) is 21.9. The third kappa shape index (κ3) is 4.11. The normalized spacial score (nSPS) is 14.4. The van der Waals surface area contributed by atoms with Gasteiger partial charge < -0.3 is 14.8 Å². The summed E-state index contributed by atoms with van der Waals surface area (Å²) >= 11 is 1.54. The predicted octanol–water partition coefficient (Wildman–Crippen LogP) is 5.65. The average molecular weight is 443 g/mol. The smallest absolute Gasteiger partial charge is 0.247 e. The second-order valence-corrected chi connectivity index (χ2v) is 8.38. The molecule has 0 bridgehead atoms. The molecule has 5 rings (SSSR count). The maximum absolute atomic E-state index is 6.37. The van der Waals surface area contributed by atoms with E-state index in [4.69, 9.17) is 14.5 Å². The molecule has 0 amide bonds. The van der Waals surface area contributed by atoms with Crippen molar-refractivity contribution >= 4 is 17.4 Å². The van der Waals surface area contributed by atoms with Crippen LogP contribution in [0.5, 0.6) is 11.6 Å². The maximum atomic E-state index is 6.37.